The highest BCUT2D eigenvalue weighted by molar-refractivity contribution is 5.90. The Hall–Kier alpha value is -1.65. The van der Waals surface area contributed by atoms with Crippen LogP contribution in [0.5, 0.6) is 0 Å². The van der Waals surface area contributed by atoms with Gasteiger partial charge in [-0.25, -0.2) is 14.8 Å². The van der Waals surface area contributed by atoms with Crippen molar-refractivity contribution >= 4 is 11.8 Å². The number of nitrogens with zero attached hydrogens (tertiary/aromatic N) is 2. The van der Waals surface area contributed by atoms with E-state index in [1.165, 1.54) is 6.20 Å². The van der Waals surface area contributed by atoms with Crippen LogP contribution in [0.25, 0.3) is 0 Å². The highest BCUT2D eigenvalue weighted by atomic mass is 16.4. The van der Waals surface area contributed by atoms with Crippen LogP contribution < -0.4 is 5.73 Å². The highest BCUT2D eigenvalue weighted by Gasteiger charge is 2.10. The van der Waals surface area contributed by atoms with Crippen LogP contribution in [0.1, 0.15) is 23.1 Å². The molecular weight excluding hydrogens is 158 g/mol. The van der Waals surface area contributed by atoms with E-state index in [9.17, 15) is 4.79 Å². The number of aromatic nitrogens is 2. The van der Waals surface area contributed by atoms with Crippen LogP contribution in [0.2, 0.25) is 0 Å². The van der Waals surface area contributed by atoms with Gasteiger partial charge in [-0.05, 0) is 6.42 Å². The molecule has 0 aromatic carbocycles. The monoisotopic (exact) mass is 167 g/mol. The van der Waals surface area contributed by atoms with Gasteiger partial charge in [0.2, 0.25) is 0 Å². The summed E-state index contributed by atoms with van der Waals surface area (Å²) < 4.78 is 0. The minimum absolute atomic E-state index is 0.0419. The molecule has 0 amide bonds. The third-order valence-corrected chi connectivity index (χ3v) is 1.42. The molecule has 0 aliphatic heterocycles. The smallest absolute Gasteiger partial charge is 0.358 e. The second-order valence-corrected chi connectivity index (χ2v) is 2.25. The van der Waals surface area contributed by atoms with Crippen molar-refractivity contribution < 1.29 is 9.90 Å². The molecular formula is C7H9N3O2. The molecule has 0 bridgehead atoms. The van der Waals surface area contributed by atoms with E-state index in [2.05, 4.69) is 9.97 Å². The van der Waals surface area contributed by atoms with Crippen molar-refractivity contribution in [1.29, 1.82) is 0 Å². The van der Waals surface area contributed by atoms with E-state index < -0.39 is 5.97 Å². The lowest BCUT2D eigenvalue weighted by molar-refractivity contribution is 0.0691. The van der Waals surface area contributed by atoms with Gasteiger partial charge in [0.1, 0.15) is 0 Å². The van der Waals surface area contributed by atoms with Gasteiger partial charge in [-0.1, -0.05) is 6.92 Å². The summed E-state index contributed by atoms with van der Waals surface area (Å²) in [5.41, 5.74) is 5.75. The second-order valence-electron chi connectivity index (χ2n) is 2.25. The molecule has 0 spiro atoms. The summed E-state index contributed by atoms with van der Waals surface area (Å²) in [5, 5.41) is 8.60. The van der Waals surface area contributed by atoms with Gasteiger partial charge in [0, 0.05) is 0 Å². The molecule has 12 heavy (non-hydrogen) atoms. The lowest BCUT2D eigenvalue weighted by Gasteiger charge is -2.00. The van der Waals surface area contributed by atoms with Gasteiger partial charge in [-0.15, -0.1) is 0 Å². The maximum Gasteiger partial charge on any atom is 0.358 e. The second kappa shape index (κ2) is 3.17. The van der Waals surface area contributed by atoms with Crippen LogP contribution in [-0.2, 0) is 6.42 Å². The number of rotatable bonds is 2. The fraction of sp³-hybridized carbons (Fsp3) is 0.286. The summed E-state index contributed by atoms with van der Waals surface area (Å²) in [7, 11) is 0. The number of carboxylic acids is 1. The average Bonchev–Trinajstić information content (AvgIpc) is 2.05. The summed E-state index contributed by atoms with van der Waals surface area (Å²) in [6, 6.07) is 0. The van der Waals surface area contributed by atoms with Crippen molar-refractivity contribution in [3.63, 3.8) is 0 Å². The third kappa shape index (κ3) is 1.50. The number of nitrogen functional groups attached to an aromatic ring is 1. The number of anilines is 1. The van der Waals surface area contributed by atoms with E-state index in [-0.39, 0.29) is 11.5 Å². The summed E-state index contributed by atoms with van der Waals surface area (Å²) in [5.74, 6) is -1.19. The molecule has 1 rings (SSSR count). The Morgan fingerprint density at radius 3 is 2.92 bits per heavy atom. The number of nitrogens with two attached hydrogens (primary N) is 1. The maximum atomic E-state index is 10.5. The Balaban J connectivity index is 3.17. The van der Waals surface area contributed by atoms with E-state index in [4.69, 9.17) is 10.8 Å². The predicted molar refractivity (Wildman–Crippen MR) is 42.8 cm³/mol. The summed E-state index contributed by atoms with van der Waals surface area (Å²) in [6.07, 6.45) is 2.12. The maximum absolute atomic E-state index is 10.5. The Labute approximate surface area is 69.3 Å². The molecule has 1 aromatic heterocycles. The number of aromatic carboxylic acids is 1. The number of carboxylic acid groups (broad SMARTS) is 1. The van der Waals surface area contributed by atoms with E-state index in [1.807, 2.05) is 6.92 Å². The molecule has 0 atom stereocenters. The largest absolute Gasteiger partial charge is 0.476 e. The third-order valence-electron chi connectivity index (χ3n) is 1.42. The number of hydrogen-bond donors (Lipinski definition) is 2. The first-order chi connectivity index (χ1) is 5.65. The zero-order chi connectivity index (χ0) is 9.14. The summed E-state index contributed by atoms with van der Waals surface area (Å²) in [4.78, 5) is 18.0. The molecule has 0 aliphatic carbocycles. The lowest BCUT2D eigenvalue weighted by Crippen LogP contribution is -2.09. The molecule has 0 radical (unpaired) electrons. The molecule has 0 fully saturated rings. The van der Waals surface area contributed by atoms with Gasteiger partial charge >= 0.3 is 5.97 Å². The molecule has 5 heteroatoms. The van der Waals surface area contributed by atoms with E-state index in [0.29, 0.717) is 12.1 Å². The molecule has 1 aromatic rings. The minimum atomic E-state index is -1.14. The van der Waals surface area contributed by atoms with E-state index in [1.54, 1.807) is 0 Å². The van der Waals surface area contributed by atoms with Crippen molar-refractivity contribution in [1.82, 2.24) is 9.97 Å². The van der Waals surface area contributed by atoms with Gasteiger partial charge in [-0.2, -0.15) is 0 Å². The Kier molecular flexibility index (Phi) is 2.23. The molecule has 5 nitrogen and oxygen atoms in total. The molecule has 0 aliphatic rings. The van der Waals surface area contributed by atoms with E-state index in [0.717, 1.165) is 0 Å². The Morgan fingerprint density at radius 1 is 1.75 bits per heavy atom. The molecule has 1 heterocycles. The van der Waals surface area contributed by atoms with Crippen LogP contribution in [0.3, 0.4) is 0 Å². The molecule has 3 N–H and O–H groups in total. The van der Waals surface area contributed by atoms with Gasteiger partial charge in [-0.3, -0.25) is 0 Å². The predicted octanol–water partition coefficient (Wildman–Crippen LogP) is 0.319. The van der Waals surface area contributed by atoms with Crippen LogP contribution in [-0.4, -0.2) is 21.0 Å². The lowest BCUT2D eigenvalue weighted by atomic mass is 10.3. The molecule has 0 saturated carbocycles. The standard InChI is InChI=1S/C7H9N3O2/c1-2-4-3-9-6(8)5(10-4)7(11)12/h3H,2H2,1H3,(H2,8,9)(H,11,12). The number of hydrogen-bond acceptors (Lipinski definition) is 4. The minimum Gasteiger partial charge on any atom is -0.476 e. The fourth-order valence-corrected chi connectivity index (χ4v) is 0.763. The quantitative estimate of drug-likeness (QED) is 0.662. The first kappa shape index (κ1) is 8.45. The molecule has 0 saturated heterocycles. The first-order valence-electron chi connectivity index (χ1n) is 3.49. The first-order valence-corrected chi connectivity index (χ1v) is 3.49. The van der Waals surface area contributed by atoms with E-state index >= 15 is 0 Å². The SMILES string of the molecule is CCc1cnc(N)c(C(=O)O)n1. The topological polar surface area (TPSA) is 89.1 Å². The van der Waals surface area contributed by atoms with Crippen molar-refractivity contribution in [3.05, 3.63) is 17.6 Å². The fourth-order valence-electron chi connectivity index (χ4n) is 0.763. The molecule has 64 valence electrons. The van der Waals surface area contributed by atoms with Crippen molar-refractivity contribution in [3.8, 4) is 0 Å². The number of aryl methyl sites for hydroxylation is 1. The van der Waals surface area contributed by atoms with Gasteiger partial charge in [0.15, 0.2) is 11.5 Å². The zero-order valence-corrected chi connectivity index (χ0v) is 6.61. The van der Waals surface area contributed by atoms with Gasteiger partial charge in [0.05, 0.1) is 11.9 Å². The summed E-state index contributed by atoms with van der Waals surface area (Å²) in [6.45, 7) is 1.87. The average molecular weight is 167 g/mol. The Morgan fingerprint density at radius 2 is 2.42 bits per heavy atom. The highest BCUT2D eigenvalue weighted by Crippen LogP contribution is 2.05. The van der Waals surface area contributed by atoms with Gasteiger partial charge < -0.3 is 10.8 Å². The molecule has 0 unspecified atom stereocenters. The normalized spacial score (nSPS) is 9.75. The Bertz CT molecular complexity index is 312. The van der Waals surface area contributed by atoms with Gasteiger partial charge in [0.25, 0.3) is 0 Å². The summed E-state index contributed by atoms with van der Waals surface area (Å²) >= 11 is 0. The number of carbonyl (C=O) groups is 1. The van der Waals surface area contributed by atoms with Crippen molar-refractivity contribution in [2.45, 2.75) is 13.3 Å². The van der Waals surface area contributed by atoms with Crippen LogP contribution in [0.15, 0.2) is 6.20 Å². The van der Waals surface area contributed by atoms with Crippen LogP contribution >= 0.6 is 0 Å². The van der Waals surface area contributed by atoms with Crippen LogP contribution in [0, 0.1) is 0 Å². The zero-order valence-electron chi connectivity index (χ0n) is 6.61. The van der Waals surface area contributed by atoms with Crippen LogP contribution in [0.4, 0.5) is 5.82 Å². The van der Waals surface area contributed by atoms with Crippen molar-refractivity contribution in [2.24, 2.45) is 0 Å². The van der Waals surface area contributed by atoms with Crippen molar-refractivity contribution in [2.75, 3.05) is 5.73 Å².